The SMILES string of the molecule is CN1CCC(CC(=O)Nc2cc(Cl)ccc2Cl)C1. The second kappa shape index (κ2) is 5.91. The van der Waals surface area contributed by atoms with E-state index in [0.717, 1.165) is 19.5 Å². The van der Waals surface area contributed by atoms with Crippen molar-refractivity contribution in [1.82, 2.24) is 4.90 Å². The molecular formula is C13H16Cl2N2O. The van der Waals surface area contributed by atoms with Crippen LogP contribution in [0.15, 0.2) is 18.2 Å². The molecule has 1 aliphatic heterocycles. The van der Waals surface area contributed by atoms with Crippen LogP contribution in [-0.2, 0) is 4.79 Å². The molecule has 1 N–H and O–H groups in total. The minimum absolute atomic E-state index is 0.000494. The topological polar surface area (TPSA) is 32.3 Å². The van der Waals surface area contributed by atoms with Crippen LogP contribution in [0.3, 0.4) is 0 Å². The Morgan fingerprint density at radius 3 is 2.94 bits per heavy atom. The van der Waals surface area contributed by atoms with Crippen molar-refractivity contribution >= 4 is 34.8 Å². The molecule has 1 aromatic carbocycles. The molecule has 1 heterocycles. The predicted octanol–water partition coefficient (Wildman–Crippen LogP) is 3.27. The van der Waals surface area contributed by atoms with Gasteiger partial charge in [-0.25, -0.2) is 0 Å². The second-order valence-electron chi connectivity index (χ2n) is 4.79. The lowest BCUT2D eigenvalue weighted by Crippen LogP contribution is -2.19. The quantitative estimate of drug-likeness (QED) is 0.925. The molecule has 1 fully saturated rings. The highest BCUT2D eigenvalue weighted by atomic mass is 35.5. The second-order valence-corrected chi connectivity index (χ2v) is 5.64. The minimum atomic E-state index is -0.000494. The van der Waals surface area contributed by atoms with Crippen molar-refractivity contribution in [2.24, 2.45) is 5.92 Å². The van der Waals surface area contributed by atoms with Crippen molar-refractivity contribution in [3.8, 4) is 0 Å². The van der Waals surface area contributed by atoms with Gasteiger partial charge in [-0.3, -0.25) is 4.79 Å². The summed E-state index contributed by atoms with van der Waals surface area (Å²) in [6, 6.07) is 5.05. The van der Waals surface area contributed by atoms with Crippen molar-refractivity contribution in [1.29, 1.82) is 0 Å². The van der Waals surface area contributed by atoms with Gasteiger partial charge in [0.1, 0.15) is 0 Å². The van der Waals surface area contributed by atoms with E-state index in [1.54, 1.807) is 18.2 Å². The van der Waals surface area contributed by atoms with Crippen LogP contribution in [0.4, 0.5) is 5.69 Å². The van der Waals surface area contributed by atoms with Crippen molar-refractivity contribution in [3.63, 3.8) is 0 Å². The number of halogens is 2. The van der Waals surface area contributed by atoms with Gasteiger partial charge in [-0.05, 0) is 44.1 Å². The third-order valence-electron chi connectivity index (χ3n) is 3.17. The van der Waals surface area contributed by atoms with Gasteiger partial charge in [0.05, 0.1) is 10.7 Å². The number of hydrogen-bond donors (Lipinski definition) is 1. The Bertz CT molecular complexity index is 451. The van der Waals surface area contributed by atoms with Gasteiger partial charge in [0.2, 0.25) is 5.91 Å². The molecule has 1 amide bonds. The molecule has 5 heteroatoms. The summed E-state index contributed by atoms with van der Waals surface area (Å²) in [5, 5.41) is 3.89. The first-order valence-corrected chi connectivity index (χ1v) is 6.73. The molecule has 1 aliphatic rings. The van der Waals surface area contributed by atoms with E-state index < -0.39 is 0 Å². The molecule has 2 rings (SSSR count). The van der Waals surface area contributed by atoms with Crippen LogP contribution in [0.5, 0.6) is 0 Å². The van der Waals surface area contributed by atoms with Crippen molar-refractivity contribution in [2.75, 3.05) is 25.5 Å². The molecule has 98 valence electrons. The molecule has 1 atom stereocenters. The first-order valence-electron chi connectivity index (χ1n) is 5.98. The van der Waals surface area contributed by atoms with E-state index in [0.29, 0.717) is 28.1 Å². The van der Waals surface area contributed by atoms with E-state index >= 15 is 0 Å². The highest BCUT2D eigenvalue weighted by Crippen LogP contribution is 2.26. The summed E-state index contributed by atoms with van der Waals surface area (Å²) < 4.78 is 0. The average molecular weight is 287 g/mol. The summed E-state index contributed by atoms with van der Waals surface area (Å²) in [5.74, 6) is 0.437. The molecule has 3 nitrogen and oxygen atoms in total. The van der Waals surface area contributed by atoms with Crippen molar-refractivity contribution in [2.45, 2.75) is 12.8 Å². The Kier molecular flexibility index (Phi) is 4.49. The first-order chi connectivity index (χ1) is 8.54. The van der Waals surface area contributed by atoms with E-state index in [9.17, 15) is 4.79 Å². The monoisotopic (exact) mass is 286 g/mol. The summed E-state index contributed by atoms with van der Waals surface area (Å²) in [7, 11) is 2.08. The highest BCUT2D eigenvalue weighted by molar-refractivity contribution is 6.35. The fraction of sp³-hybridized carbons (Fsp3) is 0.462. The molecule has 18 heavy (non-hydrogen) atoms. The summed E-state index contributed by atoms with van der Waals surface area (Å²) in [4.78, 5) is 14.1. The fourth-order valence-corrected chi connectivity index (χ4v) is 2.59. The zero-order valence-corrected chi connectivity index (χ0v) is 11.8. The van der Waals surface area contributed by atoms with E-state index in [4.69, 9.17) is 23.2 Å². The number of benzene rings is 1. The molecule has 1 unspecified atom stereocenters. The third-order valence-corrected chi connectivity index (χ3v) is 3.73. The predicted molar refractivity (Wildman–Crippen MR) is 75.3 cm³/mol. The van der Waals surface area contributed by atoms with E-state index in [1.165, 1.54) is 0 Å². The average Bonchev–Trinajstić information content (AvgIpc) is 2.69. The number of carbonyl (C=O) groups is 1. The van der Waals surface area contributed by atoms with Gasteiger partial charge >= 0.3 is 0 Å². The van der Waals surface area contributed by atoms with Crippen LogP contribution < -0.4 is 5.32 Å². The minimum Gasteiger partial charge on any atom is -0.325 e. The zero-order chi connectivity index (χ0) is 13.1. The molecule has 0 saturated carbocycles. The lowest BCUT2D eigenvalue weighted by molar-refractivity contribution is -0.117. The van der Waals surface area contributed by atoms with Gasteiger partial charge in [-0.2, -0.15) is 0 Å². The number of anilines is 1. The van der Waals surface area contributed by atoms with Gasteiger partial charge in [0.25, 0.3) is 0 Å². The standard InChI is InChI=1S/C13H16Cl2N2O/c1-17-5-4-9(8-17)6-13(18)16-12-7-10(14)2-3-11(12)15/h2-3,7,9H,4-6,8H2,1H3,(H,16,18). The maximum Gasteiger partial charge on any atom is 0.224 e. The molecule has 1 aromatic rings. The van der Waals surface area contributed by atoms with Gasteiger partial charge in [-0.15, -0.1) is 0 Å². The Hall–Kier alpha value is -0.770. The number of nitrogens with one attached hydrogen (secondary N) is 1. The van der Waals surface area contributed by atoms with Gasteiger partial charge in [0, 0.05) is 18.0 Å². The fourth-order valence-electron chi connectivity index (χ4n) is 2.25. The van der Waals surface area contributed by atoms with Crippen LogP contribution in [0.25, 0.3) is 0 Å². The normalized spacial score (nSPS) is 20.1. The Balaban J connectivity index is 1.92. The van der Waals surface area contributed by atoms with Crippen LogP contribution in [-0.4, -0.2) is 30.9 Å². The van der Waals surface area contributed by atoms with Crippen molar-refractivity contribution < 1.29 is 4.79 Å². The smallest absolute Gasteiger partial charge is 0.224 e. The van der Waals surface area contributed by atoms with Gasteiger partial charge < -0.3 is 10.2 Å². The lowest BCUT2D eigenvalue weighted by atomic mass is 10.0. The summed E-state index contributed by atoms with van der Waals surface area (Å²) in [6.45, 7) is 2.05. The largest absolute Gasteiger partial charge is 0.325 e. The number of hydrogen-bond acceptors (Lipinski definition) is 2. The van der Waals surface area contributed by atoms with Crippen LogP contribution in [0.2, 0.25) is 10.0 Å². The van der Waals surface area contributed by atoms with Gasteiger partial charge in [-0.1, -0.05) is 23.2 Å². The summed E-state index contributed by atoms with van der Waals surface area (Å²) in [5.41, 5.74) is 0.584. The number of carbonyl (C=O) groups excluding carboxylic acids is 1. The van der Waals surface area contributed by atoms with Crippen LogP contribution in [0, 0.1) is 5.92 Å². The Labute approximate surface area is 117 Å². The van der Waals surface area contributed by atoms with Crippen LogP contribution >= 0.6 is 23.2 Å². The Morgan fingerprint density at radius 2 is 2.28 bits per heavy atom. The maximum atomic E-state index is 11.9. The third kappa shape index (κ3) is 3.61. The van der Waals surface area contributed by atoms with Crippen LogP contribution in [0.1, 0.15) is 12.8 Å². The Morgan fingerprint density at radius 1 is 1.50 bits per heavy atom. The molecule has 0 spiro atoms. The number of nitrogens with zero attached hydrogens (tertiary/aromatic N) is 1. The molecular weight excluding hydrogens is 271 g/mol. The van der Waals surface area contributed by atoms with E-state index in [-0.39, 0.29) is 5.91 Å². The number of rotatable bonds is 3. The first kappa shape index (κ1) is 13.7. The lowest BCUT2D eigenvalue weighted by Gasteiger charge is -2.11. The molecule has 1 saturated heterocycles. The highest BCUT2D eigenvalue weighted by Gasteiger charge is 2.22. The maximum absolute atomic E-state index is 11.9. The molecule has 0 aliphatic carbocycles. The van der Waals surface area contributed by atoms with E-state index in [1.807, 2.05) is 0 Å². The molecule has 0 radical (unpaired) electrons. The zero-order valence-electron chi connectivity index (χ0n) is 10.2. The molecule has 0 bridgehead atoms. The van der Waals surface area contributed by atoms with Gasteiger partial charge in [0.15, 0.2) is 0 Å². The summed E-state index contributed by atoms with van der Waals surface area (Å²) in [6.07, 6.45) is 1.61. The summed E-state index contributed by atoms with van der Waals surface area (Å²) >= 11 is 11.9. The van der Waals surface area contributed by atoms with E-state index in [2.05, 4.69) is 17.3 Å². The van der Waals surface area contributed by atoms with Crippen molar-refractivity contribution in [3.05, 3.63) is 28.2 Å². The number of amides is 1. The molecule has 0 aromatic heterocycles. The number of likely N-dealkylation sites (tertiary alicyclic amines) is 1.